The van der Waals surface area contributed by atoms with Crippen LogP contribution in [0.5, 0.6) is 0 Å². The number of likely N-dealkylation sites (tertiary alicyclic amines) is 1. The third-order valence-electron chi connectivity index (χ3n) is 3.16. The van der Waals surface area contributed by atoms with E-state index < -0.39 is 0 Å². The second kappa shape index (κ2) is 6.15. The van der Waals surface area contributed by atoms with Crippen molar-refractivity contribution < 1.29 is 9.90 Å². The summed E-state index contributed by atoms with van der Waals surface area (Å²) in [5, 5.41) is 15.0. The number of hydrogen-bond donors (Lipinski definition) is 2. The van der Waals surface area contributed by atoms with Gasteiger partial charge in [0.1, 0.15) is 0 Å². The highest BCUT2D eigenvalue weighted by atomic mass is 32.1. The molecule has 2 amide bonds. The molecule has 1 atom stereocenters. The molecule has 1 aliphatic heterocycles. The molecular weight excluding hydrogens is 250 g/mol. The van der Waals surface area contributed by atoms with Crippen LogP contribution in [0.15, 0.2) is 5.38 Å². The number of nitrogens with zero attached hydrogens (tertiary/aromatic N) is 2. The van der Waals surface area contributed by atoms with Crippen LogP contribution in [-0.4, -0.2) is 47.3 Å². The number of rotatable bonds is 4. The summed E-state index contributed by atoms with van der Waals surface area (Å²) in [7, 11) is 0. The van der Waals surface area contributed by atoms with Crippen molar-refractivity contribution in [3.63, 3.8) is 0 Å². The molecule has 1 saturated heterocycles. The van der Waals surface area contributed by atoms with E-state index in [1.807, 2.05) is 12.3 Å². The van der Waals surface area contributed by atoms with Crippen molar-refractivity contribution >= 4 is 17.4 Å². The van der Waals surface area contributed by atoms with E-state index >= 15 is 0 Å². The molecule has 1 aliphatic rings. The Kier molecular flexibility index (Phi) is 4.54. The minimum atomic E-state index is -0.0297. The lowest BCUT2D eigenvalue weighted by Crippen LogP contribution is -2.39. The van der Waals surface area contributed by atoms with Crippen molar-refractivity contribution in [2.45, 2.75) is 19.8 Å². The average Bonchev–Trinajstić information content (AvgIpc) is 2.98. The number of amides is 2. The fourth-order valence-electron chi connectivity index (χ4n) is 2.10. The van der Waals surface area contributed by atoms with Crippen LogP contribution in [0.4, 0.5) is 4.79 Å². The molecule has 0 spiro atoms. The molecule has 6 heteroatoms. The highest BCUT2D eigenvalue weighted by Crippen LogP contribution is 2.15. The Morgan fingerprint density at radius 3 is 3.17 bits per heavy atom. The van der Waals surface area contributed by atoms with Crippen molar-refractivity contribution in [2.24, 2.45) is 5.92 Å². The van der Waals surface area contributed by atoms with Gasteiger partial charge >= 0.3 is 6.03 Å². The van der Waals surface area contributed by atoms with E-state index in [4.69, 9.17) is 5.11 Å². The first-order chi connectivity index (χ1) is 8.69. The molecule has 100 valence electrons. The number of carbonyl (C=O) groups excluding carboxylic acids is 1. The van der Waals surface area contributed by atoms with E-state index in [0.29, 0.717) is 13.1 Å². The number of aliphatic hydroxyl groups is 1. The van der Waals surface area contributed by atoms with Gasteiger partial charge in [-0.05, 0) is 13.3 Å². The number of thiazole rings is 1. The second-order valence-electron chi connectivity index (χ2n) is 4.62. The number of aromatic nitrogens is 1. The highest BCUT2D eigenvalue weighted by Gasteiger charge is 2.25. The van der Waals surface area contributed by atoms with Crippen LogP contribution in [0.1, 0.15) is 17.1 Å². The highest BCUT2D eigenvalue weighted by molar-refractivity contribution is 7.09. The van der Waals surface area contributed by atoms with Gasteiger partial charge in [-0.25, -0.2) is 9.78 Å². The monoisotopic (exact) mass is 269 g/mol. The Balaban J connectivity index is 1.69. The van der Waals surface area contributed by atoms with Crippen molar-refractivity contribution in [1.29, 1.82) is 0 Å². The number of hydrogen-bond acceptors (Lipinski definition) is 4. The number of urea groups is 1. The van der Waals surface area contributed by atoms with Crippen LogP contribution in [0.3, 0.4) is 0 Å². The minimum absolute atomic E-state index is 0.0297. The molecule has 1 fully saturated rings. The molecule has 18 heavy (non-hydrogen) atoms. The van der Waals surface area contributed by atoms with Crippen LogP contribution in [-0.2, 0) is 6.42 Å². The second-order valence-corrected chi connectivity index (χ2v) is 5.69. The lowest BCUT2D eigenvalue weighted by molar-refractivity contribution is 0.198. The van der Waals surface area contributed by atoms with Crippen molar-refractivity contribution in [3.8, 4) is 0 Å². The Labute approximate surface area is 111 Å². The van der Waals surface area contributed by atoms with Gasteiger partial charge in [0, 0.05) is 44.0 Å². The lowest BCUT2D eigenvalue weighted by atomic mass is 10.1. The maximum atomic E-state index is 11.8. The molecular formula is C12H19N3O2S. The standard InChI is InChI=1S/C12H19N3O2S/c1-9-14-11(8-18-9)2-4-13-12(17)15-5-3-10(6-15)7-16/h8,10,16H,2-7H2,1H3,(H,13,17). The molecule has 0 aliphatic carbocycles. The van der Waals surface area contributed by atoms with Crippen molar-refractivity contribution in [1.82, 2.24) is 15.2 Å². The van der Waals surface area contributed by atoms with Crippen LogP contribution in [0.25, 0.3) is 0 Å². The fourth-order valence-corrected chi connectivity index (χ4v) is 2.75. The summed E-state index contributed by atoms with van der Waals surface area (Å²) in [5.74, 6) is 0.247. The summed E-state index contributed by atoms with van der Waals surface area (Å²) in [6, 6.07) is -0.0297. The number of aliphatic hydroxyl groups excluding tert-OH is 1. The summed E-state index contributed by atoms with van der Waals surface area (Å²) in [5.41, 5.74) is 1.03. The zero-order valence-electron chi connectivity index (χ0n) is 10.6. The van der Waals surface area contributed by atoms with Gasteiger partial charge in [-0.15, -0.1) is 11.3 Å². The SMILES string of the molecule is Cc1nc(CCNC(=O)N2CCC(CO)C2)cs1. The third-order valence-corrected chi connectivity index (χ3v) is 3.98. The fraction of sp³-hybridized carbons (Fsp3) is 0.667. The predicted molar refractivity (Wildman–Crippen MR) is 70.7 cm³/mol. The van der Waals surface area contributed by atoms with Gasteiger partial charge < -0.3 is 15.3 Å². The first-order valence-corrected chi connectivity index (χ1v) is 7.11. The first kappa shape index (κ1) is 13.3. The van der Waals surface area contributed by atoms with Crippen LogP contribution < -0.4 is 5.32 Å². The Hall–Kier alpha value is -1.14. The largest absolute Gasteiger partial charge is 0.396 e. The predicted octanol–water partition coefficient (Wildman–Crippen LogP) is 1.02. The van der Waals surface area contributed by atoms with Crippen LogP contribution in [0.2, 0.25) is 0 Å². The zero-order valence-corrected chi connectivity index (χ0v) is 11.4. The van der Waals surface area contributed by atoms with E-state index in [9.17, 15) is 4.79 Å². The Morgan fingerprint density at radius 2 is 2.56 bits per heavy atom. The minimum Gasteiger partial charge on any atom is -0.396 e. The summed E-state index contributed by atoms with van der Waals surface area (Å²) >= 11 is 1.63. The van der Waals surface area contributed by atoms with E-state index in [1.165, 1.54) is 0 Å². The molecule has 2 N–H and O–H groups in total. The summed E-state index contributed by atoms with van der Waals surface area (Å²) in [6.45, 7) is 4.17. The van der Waals surface area contributed by atoms with Crippen molar-refractivity contribution in [3.05, 3.63) is 16.1 Å². The van der Waals surface area contributed by atoms with E-state index in [1.54, 1.807) is 16.2 Å². The maximum Gasteiger partial charge on any atom is 0.317 e. The first-order valence-electron chi connectivity index (χ1n) is 6.23. The molecule has 1 aromatic rings. The smallest absolute Gasteiger partial charge is 0.317 e. The van der Waals surface area contributed by atoms with Gasteiger partial charge in [0.25, 0.3) is 0 Å². The molecule has 1 aromatic heterocycles. The number of nitrogens with one attached hydrogen (secondary N) is 1. The zero-order chi connectivity index (χ0) is 13.0. The summed E-state index contributed by atoms with van der Waals surface area (Å²) in [4.78, 5) is 17.9. The molecule has 0 saturated carbocycles. The molecule has 0 bridgehead atoms. The molecule has 0 radical (unpaired) electrons. The summed E-state index contributed by atoms with van der Waals surface area (Å²) < 4.78 is 0. The number of aryl methyl sites for hydroxylation is 1. The van der Waals surface area contributed by atoms with E-state index in [-0.39, 0.29) is 18.6 Å². The third kappa shape index (κ3) is 3.43. The van der Waals surface area contributed by atoms with Gasteiger partial charge in [0.05, 0.1) is 10.7 Å². The molecule has 0 aromatic carbocycles. The molecule has 2 rings (SSSR count). The Morgan fingerprint density at radius 1 is 1.72 bits per heavy atom. The Bertz CT molecular complexity index is 408. The molecule has 5 nitrogen and oxygen atoms in total. The van der Waals surface area contributed by atoms with Crippen molar-refractivity contribution in [2.75, 3.05) is 26.2 Å². The van der Waals surface area contributed by atoms with Gasteiger partial charge in [-0.3, -0.25) is 0 Å². The molecule has 1 unspecified atom stereocenters. The van der Waals surface area contributed by atoms with Gasteiger partial charge in [0.2, 0.25) is 0 Å². The molecule has 2 heterocycles. The average molecular weight is 269 g/mol. The normalized spacial score (nSPS) is 19.2. The number of carbonyl (C=O) groups is 1. The van der Waals surface area contributed by atoms with Gasteiger partial charge in [-0.1, -0.05) is 0 Å². The maximum absolute atomic E-state index is 11.8. The van der Waals surface area contributed by atoms with Crippen LogP contribution in [0, 0.1) is 12.8 Å². The quantitative estimate of drug-likeness (QED) is 0.857. The van der Waals surface area contributed by atoms with E-state index in [2.05, 4.69) is 10.3 Å². The van der Waals surface area contributed by atoms with Crippen LogP contribution >= 0.6 is 11.3 Å². The topological polar surface area (TPSA) is 65.5 Å². The van der Waals surface area contributed by atoms with Gasteiger partial charge in [0.15, 0.2) is 0 Å². The summed E-state index contributed by atoms with van der Waals surface area (Å²) in [6.07, 6.45) is 1.67. The van der Waals surface area contributed by atoms with Gasteiger partial charge in [-0.2, -0.15) is 0 Å². The van der Waals surface area contributed by atoms with E-state index in [0.717, 1.165) is 30.1 Å². The lowest BCUT2D eigenvalue weighted by Gasteiger charge is -2.16.